The van der Waals surface area contributed by atoms with Crippen molar-refractivity contribution in [1.29, 1.82) is 0 Å². The summed E-state index contributed by atoms with van der Waals surface area (Å²) in [7, 11) is 0. The number of nitrogen functional groups attached to an aromatic ring is 2. The number of aliphatic hydroxyl groups is 2. The van der Waals surface area contributed by atoms with Gasteiger partial charge in [0.25, 0.3) is 0 Å². The molecule has 6 heteroatoms. The lowest BCUT2D eigenvalue weighted by atomic mass is 10.2. The molecule has 0 aromatic carbocycles. The lowest BCUT2D eigenvalue weighted by Gasteiger charge is -2.24. The number of hydrogen-bond donors (Lipinski definition) is 4. The van der Waals surface area contributed by atoms with Crippen LogP contribution in [0.3, 0.4) is 0 Å². The Labute approximate surface area is 93.5 Å². The van der Waals surface area contributed by atoms with Gasteiger partial charge in [0.2, 0.25) is 0 Å². The van der Waals surface area contributed by atoms with E-state index >= 15 is 0 Å². The van der Waals surface area contributed by atoms with Gasteiger partial charge in [0.1, 0.15) is 11.6 Å². The van der Waals surface area contributed by atoms with Crippen LogP contribution in [0.4, 0.5) is 17.3 Å². The standard InChI is InChI=1S/C10H16N4O2/c11-8-1-2-9(13-10(8)12)14-4-7(16)3-6(14)5-15/h1-2,6-7,15-16H,3-5,11H2,(H2,12,13). The monoisotopic (exact) mass is 224 g/mol. The van der Waals surface area contributed by atoms with Gasteiger partial charge < -0.3 is 26.6 Å². The molecule has 0 aliphatic carbocycles. The summed E-state index contributed by atoms with van der Waals surface area (Å²) >= 11 is 0. The van der Waals surface area contributed by atoms with E-state index in [2.05, 4.69) is 4.98 Å². The summed E-state index contributed by atoms with van der Waals surface area (Å²) in [4.78, 5) is 5.99. The minimum absolute atomic E-state index is 0.0109. The zero-order valence-electron chi connectivity index (χ0n) is 8.87. The largest absolute Gasteiger partial charge is 0.396 e. The molecule has 2 rings (SSSR count). The highest BCUT2D eigenvalue weighted by molar-refractivity contribution is 5.62. The SMILES string of the molecule is Nc1ccc(N2CC(O)CC2CO)nc1N. The quantitative estimate of drug-likeness (QED) is 0.522. The summed E-state index contributed by atoms with van der Waals surface area (Å²) in [5.74, 6) is 0.915. The molecule has 2 atom stereocenters. The van der Waals surface area contributed by atoms with Gasteiger partial charge in [-0.05, 0) is 18.6 Å². The van der Waals surface area contributed by atoms with E-state index in [9.17, 15) is 10.2 Å². The maximum Gasteiger partial charge on any atom is 0.149 e. The van der Waals surface area contributed by atoms with Crippen molar-refractivity contribution in [2.45, 2.75) is 18.6 Å². The smallest absolute Gasteiger partial charge is 0.149 e. The predicted octanol–water partition coefficient (Wildman–Crippen LogP) is -0.822. The number of anilines is 3. The molecule has 16 heavy (non-hydrogen) atoms. The first-order valence-corrected chi connectivity index (χ1v) is 5.19. The summed E-state index contributed by atoms with van der Waals surface area (Å²) in [5.41, 5.74) is 11.6. The van der Waals surface area contributed by atoms with E-state index in [1.165, 1.54) is 0 Å². The van der Waals surface area contributed by atoms with Crippen LogP contribution in [0.15, 0.2) is 12.1 Å². The van der Waals surface area contributed by atoms with E-state index in [0.29, 0.717) is 24.5 Å². The Morgan fingerprint density at radius 1 is 1.44 bits per heavy atom. The Morgan fingerprint density at radius 2 is 2.19 bits per heavy atom. The van der Waals surface area contributed by atoms with Crippen LogP contribution in [0, 0.1) is 0 Å². The lowest BCUT2D eigenvalue weighted by molar-refractivity contribution is 0.184. The summed E-state index contributed by atoms with van der Waals surface area (Å²) in [5, 5.41) is 18.8. The van der Waals surface area contributed by atoms with Crippen molar-refractivity contribution >= 4 is 17.3 Å². The zero-order chi connectivity index (χ0) is 11.7. The Kier molecular flexibility index (Phi) is 2.84. The van der Waals surface area contributed by atoms with Crippen molar-refractivity contribution in [2.24, 2.45) is 0 Å². The fourth-order valence-corrected chi connectivity index (χ4v) is 1.98. The molecule has 1 aromatic heterocycles. The van der Waals surface area contributed by atoms with Crippen molar-refractivity contribution in [3.8, 4) is 0 Å². The van der Waals surface area contributed by atoms with Gasteiger partial charge in [-0.15, -0.1) is 0 Å². The number of pyridine rings is 1. The fourth-order valence-electron chi connectivity index (χ4n) is 1.98. The van der Waals surface area contributed by atoms with Gasteiger partial charge in [-0.3, -0.25) is 0 Å². The number of rotatable bonds is 2. The summed E-state index contributed by atoms with van der Waals surface area (Å²) in [6.45, 7) is 0.449. The first-order valence-electron chi connectivity index (χ1n) is 5.19. The molecule has 2 unspecified atom stereocenters. The second kappa shape index (κ2) is 4.15. The number of hydrogen-bond acceptors (Lipinski definition) is 6. The Bertz CT molecular complexity index is 385. The van der Waals surface area contributed by atoms with Crippen molar-refractivity contribution in [2.75, 3.05) is 29.5 Å². The summed E-state index contributed by atoms with van der Waals surface area (Å²) < 4.78 is 0. The van der Waals surface area contributed by atoms with Gasteiger partial charge in [0.15, 0.2) is 0 Å². The second-order valence-electron chi connectivity index (χ2n) is 4.02. The Balaban J connectivity index is 2.26. The average molecular weight is 224 g/mol. The number of β-amino-alcohol motifs (C(OH)–C–C–N with tert-alkyl or cyclic N) is 1. The molecule has 1 aliphatic rings. The third kappa shape index (κ3) is 1.89. The normalized spacial score (nSPS) is 25.0. The van der Waals surface area contributed by atoms with Crippen LogP contribution in [0.2, 0.25) is 0 Å². The first kappa shape index (κ1) is 11.0. The van der Waals surface area contributed by atoms with E-state index < -0.39 is 6.10 Å². The maximum atomic E-state index is 9.55. The molecule has 6 N–H and O–H groups in total. The van der Waals surface area contributed by atoms with Gasteiger partial charge in [0.05, 0.1) is 24.4 Å². The van der Waals surface area contributed by atoms with Crippen molar-refractivity contribution in [1.82, 2.24) is 4.98 Å². The van der Waals surface area contributed by atoms with Gasteiger partial charge in [-0.25, -0.2) is 4.98 Å². The molecular weight excluding hydrogens is 208 g/mol. The highest BCUT2D eigenvalue weighted by atomic mass is 16.3. The van der Waals surface area contributed by atoms with E-state index in [1.54, 1.807) is 12.1 Å². The van der Waals surface area contributed by atoms with Crippen molar-refractivity contribution < 1.29 is 10.2 Å². The van der Waals surface area contributed by atoms with Crippen molar-refractivity contribution in [3.05, 3.63) is 12.1 Å². The summed E-state index contributed by atoms with van der Waals surface area (Å²) in [6.07, 6.45) is 0.111. The fraction of sp³-hybridized carbons (Fsp3) is 0.500. The molecule has 6 nitrogen and oxygen atoms in total. The molecule has 1 saturated heterocycles. The summed E-state index contributed by atoms with van der Waals surface area (Å²) in [6, 6.07) is 3.31. The van der Waals surface area contributed by atoms with Gasteiger partial charge in [-0.1, -0.05) is 0 Å². The predicted molar refractivity (Wildman–Crippen MR) is 61.9 cm³/mol. The Morgan fingerprint density at radius 3 is 2.81 bits per heavy atom. The minimum atomic E-state index is -0.433. The molecule has 0 amide bonds. The van der Waals surface area contributed by atoms with Crippen LogP contribution in [0.25, 0.3) is 0 Å². The zero-order valence-corrected chi connectivity index (χ0v) is 8.87. The van der Waals surface area contributed by atoms with Gasteiger partial charge in [0, 0.05) is 6.54 Å². The molecule has 0 bridgehead atoms. The molecule has 0 spiro atoms. The molecule has 1 fully saturated rings. The third-order valence-corrected chi connectivity index (χ3v) is 2.84. The number of nitrogens with two attached hydrogens (primary N) is 2. The molecule has 1 aliphatic heterocycles. The number of nitrogens with zero attached hydrogens (tertiary/aromatic N) is 2. The highest BCUT2D eigenvalue weighted by Gasteiger charge is 2.31. The van der Waals surface area contributed by atoms with E-state index in [0.717, 1.165) is 0 Å². The molecule has 2 heterocycles. The molecule has 88 valence electrons. The van der Waals surface area contributed by atoms with E-state index in [-0.39, 0.29) is 18.5 Å². The molecule has 0 saturated carbocycles. The van der Waals surface area contributed by atoms with Gasteiger partial charge in [-0.2, -0.15) is 0 Å². The topological polar surface area (TPSA) is 109 Å². The van der Waals surface area contributed by atoms with Crippen LogP contribution >= 0.6 is 0 Å². The number of aromatic nitrogens is 1. The van der Waals surface area contributed by atoms with Crippen LogP contribution in [0.1, 0.15) is 6.42 Å². The van der Waals surface area contributed by atoms with Crippen LogP contribution < -0.4 is 16.4 Å². The molecule has 1 aromatic rings. The van der Waals surface area contributed by atoms with E-state index in [4.69, 9.17) is 11.5 Å². The lowest BCUT2D eigenvalue weighted by Crippen LogP contribution is -2.33. The maximum absolute atomic E-state index is 9.55. The van der Waals surface area contributed by atoms with Gasteiger partial charge >= 0.3 is 0 Å². The first-order chi connectivity index (χ1) is 7.61. The van der Waals surface area contributed by atoms with Crippen LogP contribution in [0.5, 0.6) is 0 Å². The number of aliphatic hydroxyl groups excluding tert-OH is 2. The average Bonchev–Trinajstić information content (AvgIpc) is 2.63. The second-order valence-corrected chi connectivity index (χ2v) is 4.02. The van der Waals surface area contributed by atoms with Crippen molar-refractivity contribution in [3.63, 3.8) is 0 Å². The molecular formula is C10H16N4O2. The van der Waals surface area contributed by atoms with E-state index in [1.807, 2.05) is 4.90 Å². The highest BCUT2D eigenvalue weighted by Crippen LogP contribution is 2.26. The third-order valence-electron chi connectivity index (χ3n) is 2.84. The van der Waals surface area contributed by atoms with Crippen LogP contribution in [-0.4, -0.2) is 40.5 Å². The Hall–Kier alpha value is -1.53. The minimum Gasteiger partial charge on any atom is -0.396 e. The van der Waals surface area contributed by atoms with Crippen LogP contribution in [-0.2, 0) is 0 Å². The molecule has 0 radical (unpaired) electrons.